The average Bonchev–Trinajstić information content (AvgIpc) is 2.96. The molecule has 25 heavy (non-hydrogen) atoms. The zero-order chi connectivity index (χ0) is 17.0. The number of benzene rings is 3. The Balaban J connectivity index is 2.16. The molecule has 5 aromatic rings. The van der Waals surface area contributed by atoms with E-state index in [1.54, 1.807) is 0 Å². The molecule has 3 aromatic carbocycles. The molecule has 2 aromatic heterocycles. The number of pyridine rings is 1. The fourth-order valence-corrected chi connectivity index (χ4v) is 4.17. The summed E-state index contributed by atoms with van der Waals surface area (Å²) >= 11 is 0. The lowest BCUT2D eigenvalue weighted by atomic mass is 9.91. The van der Waals surface area contributed by atoms with E-state index in [1.807, 2.05) is 12.4 Å². The Hall–Kier alpha value is -3.13. The molecule has 2 nitrogen and oxygen atoms in total. The fourth-order valence-electron chi connectivity index (χ4n) is 4.17. The predicted molar refractivity (Wildman–Crippen MR) is 106 cm³/mol. The van der Waals surface area contributed by atoms with Gasteiger partial charge < -0.3 is 4.57 Å². The van der Waals surface area contributed by atoms with Crippen LogP contribution in [0.25, 0.3) is 43.7 Å². The Morgan fingerprint density at radius 2 is 1.56 bits per heavy atom. The maximum absolute atomic E-state index is 4.43. The van der Waals surface area contributed by atoms with Crippen LogP contribution in [0, 0.1) is 6.92 Å². The summed E-state index contributed by atoms with van der Waals surface area (Å²) in [6, 6.07) is 21.5. The van der Waals surface area contributed by atoms with Gasteiger partial charge in [-0.05, 0) is 35.6 Å². The first kappa shape index (κ1) is 14.2. The lowest BCUT2D eigenvalue weighted by Gasteiger charge is -2.13. The van der Waals surface area contributed by atoms with Crippen molar-refractivity contribution in [3.63, 3.8) is 0 Å². The molecule has 0 spiro atoms. The molecule has 0 bridgehead atoms. The molecule has 120 valence electrons. The van der Waals surface area contributed by atoms with Crippen LogP contribution in [0.15, 0.2) is 73.1 Å². The monoisotopic (exact) mass is 322 g/mol. The normalized spacial score (nSPS) is 11.6. The van der Waals surface area contributed by atoms with E-state index < -0.39 is 0 Å². The first-order valence-corrected chi connectivity index (χ1v) is 8.56. The first-order chi connectivity index (χ1) is 12.3. The SMILES string of the molecule is Cc1c2ccncc2c(-c2ccccc2)c2c3ccccc3n(C)c12. The molecule has 0 N–H and O–H groups in total. The van der Waals surface area contributed by atoms with Gasteiger partial charge in [-0.3, -0.25) is 4.98 Å². The summed E-state index contributed by atoms with van der Waals surface area (Å²) in [6.07, 6.45) is 3.89. The van der Waals surface area contributed by atoms with Gasteiger partial charge in [-0.1, -0.05) is 48.5 Å². The number of nitrogens with zero attached hydrogens (tertiary/aromatic N) is 2. The molecule has 0 unspecified atom stereocenters. The van der Waals surface area contributed by atoms with Crippen LogP contribution >= 0.6 is 0 Å². The summed E-state index contributed by atoms with van der Waals surface area (Å²) < 4.78 is 2.33. The number of fused-ring (bicyclic) bond motifs is 4. The molecule has 0 saturated carbocycles. The summed E-state index contributed by atoms with van der Waals surface area (Å²) in [6.45, 7) is 2.22. The first-order valence-electron chi connectivity index (χ1n) is 8.56. The Morgan fingerprint density at radius 3 is 2.40 bits per heavy atom. The Bertz CT molecular complexity index is 1250. The molecule has 0 atom stereocenters. The number of hydrogen-bond acceptors (Lipinski definition) is 1. The molecular weight excluding hydrogens is 304 g/mol. The van der Waals surface area contributed by atoms with Gasteiger partial charge in [-0.2, -0.15) is 0 Å². The number of rotatable bonds is 1. The molecular formula is C23H18N2. The van der Waals surface area contributed by atoms with Crippen LogP contribution in [-0.4, -0.2) is 9.55 Å². The van der Waals surface area contributed by atoms with E-state index in [-0.39, 0.29) is 0 Å². The van der Waals surface area contributed by atoms with Crippen molar-refractivity contribution in [3.8, 4) is 11.1 Å². The van der Waals surface area contributed by atoms with E-state index in [1.165, 1.54) is 49.3 Å². The third-order valence-corrected chi connectivity index (χ3v) is 5.27. The van der Waals surface area contributed by atoms with Gasteiger partial charge in [-0.25, -0.2) is 0 Å². The lowest BCUT2D eigenvalue weighted by Crippen LogP contribution is -1.93. The number of hydrogen-bond donors (Lipinski definition) is 0. The molecule has 2 heteroatoms. The fraction of sp³-hybridized carbons (Fsp3) is 0.0870. The Morgan fingerprint density at radius 1 is 0.800 bits per heavy atom. The number of aromatic nitrogens is 2. The molecule has 0 aliphatic rings. The summed E-state index contributed by atoms with van der Waals surface area (Å²) in [4.78, 5) is 4.43. The molecule has 2 heterocycles. The third-order valence-electron chi connectivity index (χ3n) is 5.27. The van der Waals surface area contributed by atoms with Crippen LogP contribution in [0.4, 0.5) is 0 Å². The van der Waals surface area contributed by atoms with Crippen molar-refractivity contribution in [1.82, 2.24) is 9.55 Å². The zero-order valence-electron chi connectivity index (χ0n) is 14.3. The maximum Gasteiger partial charge on any atom is 0.0531 e. The van der Waals surface area contributed by atoms with Gasteiger partial charge in [0.15, 0.2) is 0 Å². The van der Waals surface area contributed by atoms with E-state index in [9.17, 15) is 0 Å². The third kappa shape index (κ3) is 1.88. The summed E-state index contributed by atoms with van der Waals surface area (Å²) in [5.41, 5.74) is 6.40. The highest BCUT2D eigenvalue weighted by molar-refractivity contribution is 6.23. The topological polar surface area (TPSA) is 17.8 Å². The van der Waals surface area contributed by atoms with Crippen molar-refractivity contribution in [1.29, 1.82) is 0 Å². The average molecular weight is 322 g/mol. The Kier molecular flexibility index (Phi) is 2.95. The highest BCUT2D eigenvalue weighted by Gasteiger charge is 2.19. The Labute approximate surface area is 146 Å². The van der Waals surface area contributed by atoms with E-state index in [0.29, 0.717) is 0 Å². The zero-order valence-corrected chi connectivity index (χ0v) is 14.3. The second kappa shape index (κ2) is 5.18. The van der Waals surface area contributed by atoms with Crippen molar-refractivity contribution in [3.05, 3.63) is 78.6 Å². The summed E-state index contributed by atoms with van der Waals surface area (Å²) in [7, 11) is 2.17. The highest BCUT2D eigenvalue weighted by atomic mass is 14.9. The summed E-state index contributed by atoms with van der Waals surface area (Å²) in [5.74, 6) is 0. The number of aryl methyl sites for hydroxylation is 2. The van der Waals surface area contributed by atoms with Gasteiger partial charge in [0, 0.05) is 46.7 Å². The van der Waals surface area contributed by atoms with Crippen LogP contribution in [0.1, 0.15) is 5.56 Å². The molecule has 0 fully saturated rings. The van der Waals surface area contributed by atoms with Crippen LogP contribution in [0.2, 0.25) is 0 Å². The largest absolute Gasteiger partial charge is 0.343 e. The van der Waals surface area contributed by atoms with Gasteiger partial charge in [0.05, 0.1) is 5.52 Å². The van der Waals surface area contributed by atoms with E-state index in [2.05, 4.69) is 84.2 Å². The maximum atomic E-state index is 4.43. The molecule has 0 aliphatic carbocycles. The molecule has 0 radical (unpaired) electrons. The molecule has 0 aliphatic heterocycles. The molecule has 5 rings (SSSR count). The molecule has 0 amide bonds. The van der Waals surface area contributed by atoms with E-state index >= 15 is 0 Å². The second-order valence-electron chi connectivity index (χ2n) is 6.59. The van der Waals surface area contributed by atoms with E-state index in [4.69, 9.17) is 0 Å². The minimum atomic E-state index is 1.22. The highest BCUT2D eigenvalue weighted by Crippen LogP contribution is 2.42. The van der Waals surface area contributed by atoms with Crippen molar-refractivity contribution in [2.24, 2.45) is 7.05 Å². The summed E-state index contributed by atoms with van der Waals surface area (Å²) in [5, 5.41) is 5.11. The van der Waals surface area contributed by atoms with Gasteiger partial charge in [0.2, 0.25) is 0 Å². The standard InChI is InChI=1S/C23H18N2/c1-15-17-12-13-24-14-19(17)21(16-8-4-3-5-9-16)22-18-10-6-7-11-20(18)25(2)23(15)22/h3-14H,1-2H3. The van der Waals surface area contributed by atoms with Crippen LogP contribution in [0.3, 0.4) is 0 Å². The van der Waals surface area contributed by atoms with Crippen molar-refractivity contribution >= 4 is 32.6 Å². The van der Waals surface area contributed by atoms with Crippen LogP contribution < -0.4 is 0 Å². The lowest BCUT2D eigenvalue weighted by molar-refractivity contribution is 1.01. The quantitative estimate of drug-likeness (QED) is 0.378. The van der Waals surface area contributed by atoms with Gasteiger partial charge in [0.1, 0.15) is 0 Å². The second-order valence-corrected chi connectivity index (χ2v) is 6.59. The van der Waals surface area contributed by atoms with Gasteiger partial charge in [-0.15, -0.1) is 0 Å². The number of para-hydroxylation sites is 1. The minimum absolute atomic E-state index is 1.22. The molecule has 0 saturated heterocycles. The van der Waals surface area contributed by atoms with Crippen LogP contribution in [0.5, 0.6) is 0 Å². The van der Waals surface area contributed by atoms with Crippen molar-refractivity contribution < 1.29 is 0 Å². The van der Waals surface area contributed by atoms with E-state index in [0.717, 1.165) is 0 Å². The van der Waals surface area contributed by atoms with Crippen molar-refractivity contribution in [2.45, 2.75) is 6.92 Å². The van der Waals surface area contributed by atoms with Crippen molar-refractivity contribution in [2.75, 3.05) is 0 Å². The predicted octanol–water partition coefficient (Wildman–Crippen LogP) is 5.86. The van der Waals surface area contributed by atoms with Crippen LogP contribution in [-0.2, 0) is 7.05 Å². The smallest absolute Gasteiger partial charge is 0.0531 e. The minimum Gasteiger partial charge on any atom is -0.343 e. The van der Waals surface area contributed by atoms with Gasteiger partial charge >= 0.3 is 0 Å². The van der Waals surface area contributed by atoms with Gasteiger partial charge in [0.25, 0.3) is 0 Å².